The molecular formula is C22H26ClN3O2. The van der Waals surface area contributed by atoms with Crippen LogP contribution in [0.4, 0.5) is 11.4 Å². The molecule has 0 radical (unpaired) electrons. The molecule has 2 amide bonds. The van der Waals surface area contributed by atoms with E-state index in [1.807, 2.05) is 36.1 Å². The normalized spacial score (nSPS) is 14.6. The number of likely N-dealkylation sites (tertiary alicyclic amines) is 1. The van der Waals surface area contributed by atoms with E-state index < -0.39 is 0 Å². The zero-order valence-electron chi connectivity index (χ0n) is 16.3. The number of hydrogen-bond donors (Lipinski definition) is 2. The standard InChI is InChI=1S/C22H26ClN3O2/c1-15-9-11-26(12-10-15)22(28)17-5-3-6-18(13-17)24-14-21(27)25-20-8-4-7-19(23)16(20)2/h3-8,13,15,24H,9-12,14H2,1-2H3,(H,25,27). The van der Waals surface area contributed by atoms with Crippen LogP contribution in [0.5, 0.6) is 0 Å². The zero-order chi connectivity index (χ0) is 20.1. The molecule has 0 aliphatic carbocycles. The zero-order valence-corrected chi connectivity index (χ0v) is 17.1. The number of nitrogens with one attached hydrogen (secondary N) is 2. The van der Waals surface area contributed by atoms with E-state index in [2.05, 4.69) is 17.6 Å². The number of piperidine rings is 1. The molecule has 0 aromatic heterocycles. The van der Waals surface area contributed by atoms with Crippen molar-refractivity contribution in [1.82, 2.24) is 4.90 Å². The molecule has 2 N–H and O–H groups in total. The lowest BCUT2D eigenvalue weighted by molar-refractivity contribution is -0.114. The first-order chi connectivity index (χ1) is 13.4. The summed E-state index contributed by atoms with van der Waals surface area (Å²) in [4.78, 5) is 26.9. The quantitative estimate of drug-likeness (QED) is 0.774. The third-order valence-electron chi connectivity index (χ3n) is 5.18. The van der Waals surface area contributed by atoms with Gasteiger partial charge in [-0.1, -0.05) is 30.7 Å². The van der Waals surface area contributed by atoms with Gasteiger partial charge in [-0.15, -0.1) is 0 Å². The average Bonchev–Trinajstić information content (AvgIpc) is 2.70. The summed E-state index contributed by atoms with van der Waals surface area (Å²) in [7, 11) is 0. The van der Waals surface area contributed by atoms with Crippen LogP contribution in [0.15, 0.2) is 42.5 Å². The van der Waals surface area contributed by atoms with Crippen LogP contribution < -0.4 is 10.6 Å². The topological polar surface area (TPSA) is 61.4 Å². The Bertz CT molecular complexity index is 861. The summed E-state index contributed by atoms with van der Waals surface area (Å²) in [6, 6.07) is 12.7. The van der Waals surface area contributed by atoms with E-state index in [9.17, 15) is 9.59 Å². The van der Waals surface area contributed by atoms with E-state index in [1.54, 1.807) is 18.2 Å². The largest absolute Gasteiger partial charge is 0.376 e. The molecule has 2 aromatic rings. The molecule has 2 aromatic carbocycles. The Morgan fingerprint density at radius 2 is 1.86 bits per heavy atom. The molecule has 28 heavy (non-hydrogen) atoms. The summed E-state index contributed by atoms with van der Waals surface area (Å²) in [6.45, 7) is 5.80. The van der Waals surface area contributed by atoms with Crippen molar-refractivity contribution < 1.29 is 9.59 Å². The van der Waals surface area contributed by atoms with Gasteiger partial charge in [-0.2, -0.15) is 0 Å². The lowest BCUT2D eigenvalue weighted by atomic mass is 9.98. The molecule has 6 heteroatoms. The first kappa shape index (κ1) is 20.2. The number of benzene rings is 2. The molecule has 1 aliphatic rings. The van der Waals surface area contributed by atoms with Gasteiger partial charge in [0.25, 0.3) is 5.91 Å². The van der Waals surface area contributed by atoms with E-state index in [-0.39, 0.29) is 18.4 Å². The molecule has 1 aliphatic heterocycles. The number of rotatable bonds is 5. The number of halogens is 1. The van der Waals surface area contributed by atoms with Gasteiger partial charge in [0.15, 0.2) is 0 Å². The first-order valence-electron chi connectivity index (χ1n) is 9.62. The van der Waals surface area contributed by atoms with Crippen molar-refractivity contribution in [2.75, 3.05) is 30.3 Å². The maximum absolute atomic E-state index is 12.7. The van der Waals surface area contributed by atoms with E-state index in [0.717, 1.165) is 37.2 Å². The van der Waals surface area contributed by atoms with Gasteiger partial charge in [0, 0.05) is 35.1 Å². The van der Waals surface area contributed by atoms with Gasteiger partial charge in [-0.3, -0.25) is 9.59 Å². The second kappa shape index (κ2) is 9.11. The second-order valence-corrected chi connectivity index (χ2v) is 7.78. The van der Waals surface area contributed by atoms with Gasteiger partial charge in [-0.05, 0) is 61.6 Å². The fourth-order valence-corrected chi connectivity index (χ4v) is 3.45. The summed E-state index contributed by atoms with van der Waals surface area (Å²) < 4.78 is 0. The monoisotopic (exact) mass is 399 g/mol. The molecule has 0 saturated carbocycles. The molecule has 0 spiro atoms. The highest BCUT2D eigenvalue weighted by atomic mass is 35.5. The van der Waals surface area contributed by atoms with Gasteiger partial charge in [0.05, 0.1) is 6.54 Å². The molecule has 5 nitrogen and oxygen atoms in total. The summed E-state index contributed by atoms with van der Waals surface area (Å²) >= 11 is 6.09. The predicted octanol–water partition coefficient (Wildman–Crippen LogP) is 4.57. The Morgan fingerprint density at radius 3 is 2.61 bits per heavy atom. The molecule has 1 saturated heterocycles. The molecule has 3 rings (SSSR count). The van der Waals surface area contributed by atoms with Crippen LogP contribution in [0.25, 0.3) is 0 Å². The lowest BCUT2D eigenvalue weighted by Crippen LogP contribution is -2.37. The number of carbonyl (C=O) groups excluding carboxylic acids is 2. The van der Waals surface area contributed by atoms with Crippen LogP contribution in [0.3, 0.4) is 0 Å². The minimum atomic E-state index is -0.174. The van der Waals surface area contributed by atoms with Crippen molar-refractivity contribution in [3.8, 4) is 0 Å². The number of hydrogen-bond acceptors (Lipinski definition) is 3. The van der Waals surface area contributed by atoms with Crippen LogP contribution >= 0.6 is 11.6 Å². The van der Waals surface area contributed by atoms with Crippen LogP contribution in [-0.4, -0.2) is 36.3 Å². The SMILES string of the molecule is Cc1c(Cl)cccc1NC(=O)CNc1cccc(C(=O)N2CCC(C)CC2)c1. The second-order valence-electron chi connectivity index (χ2n) is 7.37. The van der Waals surface area contributed by atoms with Gasteiger partial charge in [-0.25, -0.2) is 0 Å². The van der Waals surface area contributed by atoms with Crippen molar-refractivity contribution in [3.63, 3.8) is 0 Å². The van der Waals surface area contributed by atoms with Gasteiger partial charge in [0.2, 0.25) is 5.91 Å². The fraction of sp³-hybridized carbons (Fsp3) is 0.364. The lowest BCUT2D eigenvalue weighted by Gasteiger charge is -2.30. The van der Waals surface area contributed by atoms with Crippen LogP contribution in [-0.2, 0) is 4.79 Å². The maximum atomic E-state index is 12.7. The highest BCUT2D eigenvalue weighted by Gasteiger charge is 2.21. The molecule has 0 bridgehead atoms. The summed E-state index contributed by atoms with van der Waals surface area (Å²) in [6.07, 6.45) is 2.10. The highest BCUT2D eigenvalue weighted by Crippen LogP contribution is 2.23. The highest BCUT2D eigenvalue weighted by molar-refractivity contribution is 6.31. The average molecular weight is 400 g/mol. The summed E-state index contributed by atoms with van der Waals surface area (Å²) in [5.41, 5.74) is 2.92. The molecule has 148 valence electrons. The minimum Gasteiger partial charge on any atom is -0.376 e. The third-order valence-corrected chi connectivity index (χ3v) is 5.58. The Labute approximate surface area is 171 Å². The van der Waals surface area contributed by atoms with Gasteiger partial charge in [0.1, 0.15) is 0 Å². The van der Waals surface area contributed by atoms with Crippen molar-refractivity contribution in [3.05, 3.63) is 58.6 Å². The predicted molar refractivity (Wildman–Crippen MR) is 114 cm³/mol. The molecule has 1 heterocycles. The number of carbonyl (C=O) groups is 2. The van der Waals surface area contributed by atoms with Crippen molar-refractivity contribution >= 4 is 34.8 Å². The summed E-state index contributed by atoms with van der Waals surface area (Å²) in [5, 5.41) is 6.56. The minimum absolute atomic E-state index is 0.0505. The van der Waals surface area contributed by atoms with Crippen LogP contribution in [0.1, 0.15) is 35.7 Å². The number of anilines is 2. The summed E-state index contributed by atoms with van der Waals surface area (Å²) in [5.74, 6) is 0.556. The van der Waals surface area contributed by atoms with E-state index in [1.165, 1.54) is 0 Å². The number of amides is 2. The first-order valence-corrected chi connectivity index (χ1v) is 10.00. The van der Waals surface area contributed by atoms with E-state index >= 15 is 0 Å². The molecule has 1 fully saturated rings. The molecule has 0 unspecified atom stereocenters. The fourth-order valence-electron chi connectivity index (χ4n) is 3.28. The Kier molecular flexibility index (Phi) is 6.57. The van der Waals surface area contributed by atoms with Gasteiger partial charge >= 0.3 is 0 Å². The maximum Gasteiger partial charge on any atom is 0.253 e. The Hall–Kier alpha value is -2.53. The van der Waals surface area contributed by atoms with Crippen LogP contribution in [0.2, 0.25) is 5.02 Å². The van der Waals surface area contributed by atoms with Crippen LogP contribution in [0, 0.1) is 12.8 Å². The van der Waals surface area contributed by atoms with Crippen molar-refractivity contribution in [2.45, 2.75) is 26.7 Å². The third kappa shape index (κ3) is 5.04. The number of nitrogens with zero attached hydrogens (tertiary/aromatic N) is 1. The Balaban J connectivity index is 1.57. The van der Waals surface area contributed by atoms with Gasteiger partial charge < -0.3 is 15.5 Å². The van der Waals surface area contributed by atoms with E-state index in [0.29, 0.717) is 22.2 Å². The van der Waals surface area contributed by atoms with Crippen molar-refractivity contribution in [2.24, 2.45) is 5.92 Å². The molecule has 0 atom stereocenters. The van der Waals surface area contributed by atoms with Crippen molar-refractivity contribution in [1.29, 1.82) is 0 Å². The molecular weight excluding hydrogens is 374 g/mol. The smallest absolute Gasteiger partial charge is 0.253 e. The van der Waals surface area contributed by atoms with E-state index in [4.69, 9.17) is 11.6 Å². The Morgan fingerprint density at radius 1 is 1.14 bits per heavy atom.